The molecule has 1 aliphatic rings. The highest BCUT2D eigenvalue weighted by atomic mass is 35.5. The molecule has 19 heavy (non-hydrogen) atoms. The van der Waals surface area contributed by atoms with E-state index in [0.29, 0.717) is 29.9 Å². The number of nitrogens with zero attached hydrogens (tertiary/aromatic N) is 1. The van der Waals surface area contributed by atoms with E-state index >= 15 is 0 Å². The van der Waals surface area contributed by atoms with Crippen molar-refractivity contribution >= 4 is 17.5 Å². The second-order valence-electron chi connectivity index (χ2n) is 5.38. The van der Waals surface area contributed by atoms with Gasteiger partial charge in [0.15, 0.2) is 0 Å². The standard InChI is InChI=1S/C15H21ClN2O/c1-11-5-6-13(9-17)10-18(11)15(19)8-12-3-2-4-14(16)7-12/h2-4,7,11,13H,5-6,8-10,17H2,1H3. The van der Waals surface area contributed by atoms with Crippen LogP contribution < -0.4 is 5.73 Å². The number of piperidine rings is 1. The average Bonchev–Trinajstić information content (AvgIpc) is 2.39. The summed E-state index contributed by atoms with van der Waals surface area (Å²) >= 11 is 5.95. The van der Waals surface area contributed by atoms with Crippen LogP contribution in [0.3, 0.4) is 0 Å². The van der Waals surface area contributed by atoms with Crippen LogP contribution >= 0.6 is 11.6 Å². The van der Waals surface area contributed by atoms with E-state index in [9.17, 15) is 4.79 Å². The molecule has 0 saturated carbocycles. The molecule has 1 aliphatic heterocycles. The van der Waals surface area contributed by atoms with Crippen LogP contribution in [0.25, 0.3) is 0 Å². The first-order valence-electron chi connectivity index (χ1n) is 6.84. The van der Waals surface area contributed by atoms with Crippen LogP contribution in [0.2, 0.25) is 5.02 Å². The summed E-state index contributed by atoms with van der Waals surface area (Å²) in [5.74, 6) is 0.618. The highest BCUT2D eigenvalue weighted by Crippen LogP contribution is 2.22. The van der Waals surface area contributed by atoms with E-state index in [2.05, 4.69) is 6.92 Å². The Morgan fingerprint density at radius 1 is 1.47 bits per heavy atom. The molecule has 1 amide bonds. The molecule has 2 atom stereocenters. The molecule has 1 aromatic rings. The van der Waals surface area contributed by atoms with Gasteiger partial charge in [0.05, 0.1) is 6.42 Å². The maximum atomic E-state index is 12.4. The molecule has 2 N–H and O–H groups in total. The molecule has 1 fully saturated rings. The Hall–Kier alpha value is -1.06. The Morgan fingerprint density at radius 2 is 2.26 bits per heavy atom. The van der Waals surface area contributed by atoms with Crippen molar-refractivity contribution in [3.63, 3.8) is 0 Å². The molecule has 0 aliphatic carbocycles. The lowest BCUT2D eigenvalue weighted by atomic mass is 9.93. The lowest BCUT2D eigenvalue weighted by molar-refractivity contribution is -0.134. The molecule has 2 unspecified atom stereocenters. The van der Waals surface area contributed by atoms with Crippen LogP contribution in [0.4, 0.5) is 0 Å². The molecule has 1 saturated heterocycles. The molecule has 0 radical (unpaired) electrons. The first-order chi connectivity index (χ1) is 9.10. The van der Waals surface area contributed by atoms with E-state index in [4.69, 9.17) is 17.3 Å². The molecule has 0 bridgehead atoms. The first-order valence-corrected chi connectivity index (χ1v) is 7.22. The lowest BCUT2D eigenvalue weighted by Gasteiger charge is -2.37. The van der Waals surface area contributed by atoms with Crippen molar-refractivity contribution in [2.24, 2.45) is 11.7 Å². The summed E-state index contributed by atoms with van der Waals surface area (Å²) in [5, 5.41) is 0.678. The van der Waals surface area contributed by atoms with Gasteiger partial charge in [-0.1, -0.05) is 23.7 Å². The van der Waals surface area contributed by atoms with Gasteiger partial charge in [-0.2, -0.15) is 0 Å². The molecular weight excluding hydrogens is 260 g/mol. The van der Waals surface area contributed by atoms with Gasteiger partial charge in [-0.25, -0.2) is 0 Å². The molecule has 2 rings (SSSR count). The fourth-order valence-electron chi connectivity index (χ4n) is 2.65. The molecular formula is C15H21ClN2O. The van der Waals surface area contributed by atoms with Gasteiger partial charge in [0.1, 0.15) is 0 Å². The zero-order chi connectivity index (χ0) is 13.8. The minimum atomic E-state index is 0.174. The van der Waals surface area contributed by atoms with Gasteiger partial charge in [0.25, 0.3) is 0 Å². The number of nitrogens with two attached hydrogens (primary N) is 1. The zero-order valence-corrected chi connectivity index (χ0v) is 12.1. The van der Waals surface area contributed by atoms with E-state index in [-0.39, 0.29) is 5.91 Å². The third-order valence-corrected chi connectivity index (χ3v) is 4.11. The minimum Gasteiger partial charge on any atom is -0.339 e. The quantitative estimate of drug-likeness (QED) is 0.924. The fourth-order valence-corrected chi connectivity index (χ4v) is 2.86. The normalized spacial score (nSPS) is 23.4. The summed E-state index contributed by atoms with van der Waals surface area (Å²) in [7, 11) is 0. The Kier molecular flexibility index (Phi) is 4.83. The molecule has 1 aromatic carbocycles. The summed E-state index contributed by atoms with van der Waals surface area (Å²) in [4.78, 5) is 14.4. The minimum absolute atomic E-state index is 0.174. The summed E-state index contributed by atoms with van der Waals surface area (Å²) in [6, 6.07) is 7.82. The predicted octanol–water partition coefficient (Wildman–Crippen LogP) is 2.47. The van der Waals surface area contributed by atoms with Gasteiger partial charge in [0.2, 0.25) is 5.91 Å². The molecule has 0 aromatic heterocycles. The summed E-state index contributed by atoms with van der Waals surface area (Å²) in [6.45, 7) is 3.56. The highest BCUT2D eigenvalue weighted by molar-refractivity contribution is 6.30. The molecule has 0 spiro atoms. The van der Waals surface area contributed by atoms with Crippen LogP contribution in [0.5, 0.6) is 0 Å². The monoisotopic (exact) mass is 280 g/mol. The number of benzene rings is 1. The zero-order valence-electron chi connectivity index (χ0n) is 11.3. The molecule has 3 nitrogen and oxygen atoms in total. The maximum Gasteiger partial charge on any atom is 0.227 e. The number of carbonyl (C=O) groups is 1. The third kappa shape index (κ3) is 3.71. The Bertz CT molecular complexity index is 450. The number of hydrogen-bond acceptors (Lipinski definition) is 2. The van der Waals surface area contributed by atoms with Crippen LogP contribution in [-0.2, 0) is 11.2 Å². The molecule has 4 heteroatoms. The van der Waals surface area contributed by atoms with Crippen molar-refractivity contribution in [2.75, 3.05) is 13.1 Å². The SMILES string of the molecule is CC1CCC(CN)CN1C(=O)Cc1cccc(Cl)c1. The Morgan fingerprint density at radius 3 is 2.95 bits per heavy atom. The number of amides is 1. The second-order valence-corrected chi connectivity index (χ2v) is 5.82. The number of likely N-dealkylation sites (tertiary alicyclic amines) is 1. The van der Waals surface area contributed by atoms with Gasteiger partial charge in [-0.15, -0.1) is 0 Å². The van der Waals surface area contributed by atoms with Gasteiger partial charge in [-0.05, 0) is 49.9 Å². The highest BCUT2D eigenvalue weighted by Gasteiger charge is 2.28. The fraction of sp³-hybridized carbons (Fsp3) is 0.533. The van der Waals surface area contributed by atoms with E-state index in [1.165, 1.54) is 0 Å². The summed E-state index contributed by atoms with van der Waals surface area (Å²) in [6.07, 6.45) is 2.59. The number of hydrogen-bond donors (Lipinski definition) is 1. The van der Waals surface area contributed by atoms with Crippen molar-refractivity contribution in [3.05, 3.63) is 34.9 Å². The lowest BCUT2D eigenvalue weighted by Crippen LogP contribution is -2.47. The Balaban J connectivity index is 2.02. The van der Waals surface area contributed by atoms with Crippen LogP contribution in [0, 0.1) is 5.92 Å². The predicted molar refractivity (Wildman–Crippen MR) is 78.1 cm³/mol. The number of halogens is 1. The van der Waals surface area contributed by atoms with Crippen LogP contribution in [-0.4, -0.2) is 29.9 Å². The Labute approximate surface area is 119 Å². The average molecular weight is 281 g/mol. The topological polar surface area (TPSA) is 46.3 Å². The van der Waals surface area contributed by atoms with Crippen LogP contribution in [0.1, 0.15) is 25.3 Å². The van der Waals surface area contributed by atoms with Crippen molar-refractivity contribution in [1.29, 1.82) is 0 Å². The van der Waals surface area contributed by atoms with Crippen molar-refractivity contribution in [1.82, 2.24) is 4.90 Å². The van der Waals surface area contributed by atoms with E-state index < -0.39 is 0 Å². The summed E-state index contributed by atoms with van der Waals surface area (Å²) in [5.41, 5.74) is 6.70. The third-order valence-electron chi connectivity index (χ3n) is 3.88. The van der Waals surface area contributed by atoms with Crippen LogP contribution in [0.15, 0.2) is 24.3 Å². The van der Waals surface area contributed by atoms with Gasteiger partial charge >= 0.3 is 0 Å². The van der Waals surface area contributed by atoms with Crippen molar-refractivity contribution < 1.29 is 4.79 Å². The first kappa shape index (κ1) is 14.4. The largest absolute Gasteiger partial charge is 0.339 e. The van der Waals surface area contributed by atoms with Crippen molar-refractivity contribution in [2.45, 2.75) is 32.2 Å². The van der Waals surface area contributed by atoms with Crippen molar-refractivity contribution in [3.8, 4) is 0 Å². The van der Waals surface area contributed by atoms with Gasteiger partial charge in [0, 0.05) is 17.6 Å². The van der Waals surface area contributed by atoms with E-state index in [0.717, 1.165) is 24.9 Å². The maximum absolute atomic E-state index is 12.4. The second kappa shape index (κ2) is 6.40. The smallest absolute Gasteiger partial charge is 0.227 e. The van der Waals surface area contributed by atoms with E-state index in [1.54, 1.807) is 0 Å². The van der Waals surface area contributed by atoms with E-state index in [1.807, 2.05) is 29.2 Å². The number of carbonyl (C=O) groups excluding carboxylic acids is 1. The van der Waals surface area contributed by atoms with Gasteiger partial charge < -0.3 is 10.6 Å². The molecule has 104 valence electrons. The number of rotatable bonds is 3. The van der Waals surface area contributed by atoms with Gasteiger partial charge in [-0.3, -0.25) is 4.79 Å². The molecule has 1 heterocycles. The summed E-state index contributed by atoms with van der Waals surface area (Å²) < 4.78 is 0.